The summed E-state index contributed by atoms with van der Waals surface area (Å²) in [5, 5.41) is 29.5. The molecule has 0 amide bonds. The molecule has 0 saturated heterocycles. The van der Waals surface area contributed by atoms with Crippen molar-refractivity contribution in [1.82, 2.24) is 0 Å². The Hall–Kier alpha value is -1.91. The first-order valence-electron chi connectivity index (χ1n) is 10.0. The lowest BCUT2D eigenvalue weighted by Crippen LogP contribution is -2.18. The maximum absolute atomic E-state index is 10.6. The van der Waals surface area contributed by atoms with Gasteiger partial charge in [-0.15, -0.1) is 0 Å². The van der Waals surface area contributed by atoms with Gasteiger partial charge in [0.25, 0.3) is 0 Å². The summed E-state index contributed by atoms with van der Waals surface area (Å²) >= 11 is 0. The first kappa shape index (κ1) is 19.8. The van der Waals surface area contributed by atoms with Gasteiger partial charge >= 0.3 is 5.97 Å². The summed E-state index contributed by atoms with van der Waals surface area (Å²) in [6, 6.07) is 9.93. The van der Waals surface area contributed by atoms with Crippen LogP contribution in [-0.4, -0.2) is 33.5 Å². The number of carbonyl (C=O) groups is 1. The average Bonchev–Trinajstić information content (AvgIpc) is 3.14. The highest BCUT2D eigenvalue weighted by Gasteiger charge is 2.44. The molecular weight excluding hydrogens is 340 g/mol. The van der Waals surface area contributed by atoms with E-state index in [1.807, 2.05) is 42.5 Å². The molecule has 146 valence electrons. The number of hydrogen-bond acceptors (Lipinski definition) is 3. The Bertz CT molecular complexity index is 679. The molecule has 5 atom stereocenters. The minimum absolute atomic E-state index is 0.102. The summed E-state index contributed by atoms with van der Waals surface area (Å²) < 4.78 is 0. The third-order valence-corrected chi connectivity index (χ3v) is 5.98. The van der Waals surface area contributed by atoms with E-state index < -0.39 is 12.1 Å². The second kappa shape index (κ2) is 9.34. The third kappa shape index (κ3) is 5.53. The number of rotatable bonds is 8. The molecule has 27 heavy (non-hydrogen) atoms. The second-order valence-corrected chi connectivity index (χ2v) is 8.00. The molecule has 3 N–H and O–H groups in total. The Morgan fingerprint density at radius 2 is 2.00 bits per heavy atom. The van der Waals surface area contributed by atoms with Gasteiger partial charge in [-0.1, -0.05) is 54.1 Å². The smallest absolute Gasteiger partial charge is 0.303 e. The maximum Gasteiger partial charge on any atom is 0.303 e. The van der Waals surface area contributed by atoms with Crippen molar-refractivity contribution in [2.45, 2.75) is 57.2 Å². The number of unbranched alkanes of at least 4 members (excludes halogenated alkanes) is 1. The van der Waals surface area contributed by atoms with E-state index in [0.29, 0.717) is 24.7 Å². The molecule has 2 saturated carbocycles. The summed E-state index contributed by atoms with van der Waals surface area (Å²) in [4.78, 5) is 10.6. The topological polar surface area (TPSA) is 77.8 Å². The molecule has 2 aliphatic rings. The van der Waals surface area contributed by atoms with Gasteiger partial charge in [0.15, 0.2) is 0 Å². The van der Waals surface area contributed by atoms with Crippen molar-refractivity contribution in [1.29, 1.82) is 0 Å². The molecule has 0 aromatic heterocycles. The zero-order valence-electron chi connectivity index (χ0n) is 15.7. The van der Waals surface area contributed by atoms with E-state index in [2.05, 4.69) is 6.08 Å². The van der Waals surface area contributed by atoms with Crippen molar-refractivity contribution in [3.63, 3.8) is 0 Å². The standard InChI is InChI=1S/C23H30O4/c24-19(13-16-6-2-1-3-7-16)10-11-20-21-14-17(8-4-5-9-23(26)27)12-18(21)15-22(20)25/h1-3,6-8,10-11,18-22,24-25H,4-5,9,12-15H2,(H,26,27)/b11-10+,17-8+/t18-,19?,20+,21-,22+/m0/s1. The van der Waals surface area contributed by atoms with Crippen LogP contribution in [0.15, 0.2) is 54.1 Å². The van der Waals surface area contributed by atoms with Crippen LogP contribution in [0.2, 0.25) is 0 Å². The zero-order valence-corrected chi connectivity index (χ0v) is 15.7. The van der Waals surface area contributed by atoms with E-state index in [4.69, 9.17) is 5.11 Å². The Morgan fingerprint density at radius 3 is 2.74 bits per heavy atom. The molecule has 4 nitrogen and oxygen atoms in total. The van der Waals surface area contributed by atoms with Gasteiger partial charge in [-0.25, -0.2) is 0 Å². The number of fused-ring (bicyclic) bond motifs is 1. The van der Waals surface area contributed by atoms with E-state index in [0.717, 1.165) is 31.2 Å². The van der Waals surface area contributed by atoms with Crippen molar-refractivity contribution in [2.75, 3.05) is 0 Å². The van der Waals surface area contributed by atoms with Gasteiger partial charge in [0.05, 0.1) is 12.2 Å². The van der Waals surface area contributed by atoms with Crippen LogP contribution in [0.1, 0.15) is 44.1 Å². The fourth-order valence-electron chi connectivity index (χ4n) is 4.68. The minimum atomic E-state index is -0.737. The normalized spacial score (nSPS) is 30.1. The van der Waals surface area contributed by atoms with Crippen molar-refractivity contribution in [2.24, 2.45) is 17.8 Å². The van der Waals surface area contributed by atoms with Crippen molar-refractivity contribution < 1.29 is 20.1 Å². The van der Waals surface area contributed by atoms with Gasteiger partial charge in [0.1, 0.15) is 0 Å². The largest absolute Gasteiger partial charge is 0.481 e. The van der Waals surface area contributed by atoms with E-state index in [9.17, 15) is 15.0 Å². The lowest BCUT2D eigenvalue weighted by Gasteiger charge is -2.18. The molecule has 0 bridgehead atoms. The van der Waals surface area contributed by atoms with Crippen LogP contribution in [-0.2, 0) is 11.2 Å². The predicted octanol–water partition coefficient (Wildman–Crippen LogP) is 3.73. The van der Waals surface area contributed by atoms with E-state index >= 15 is 0 Å². The van der Waals surface area contributed by atoms with Crippen LogP contribution < -0.4 is 0 Å². The SMILES string of the molecule is O=C(O)CCC/C=C1\C[C@H]2C[C@@H](O)[C@H](/C=C/C(O)Cc3ccccc3)[C@H]2C1. The number of benzene rings is 1. The highest BCUT2D eigenvalue weighted by atomic mass is 16.4. The molecule has 0 radical (unpaired) electrons. The molecule has 0 aliphatic heterocycles. The van der Waals surface area contributed by atoms with Gasteiger partial charge < -0.3 is 15.3 Å². The van der Waals surface area contributed by atoms with Gasteiger partial charge in [-0.3, -0.25) is 4.79 Å². The minimum Gasteiger partial charge on any atom is -0.481 e. The Labute approximate surface area is 161 Å². The summed E-state index contributed by atoms with van der Waals surface area (Å²) in [7, 11) is 0. The lowest BCUT2D eigenvalue weighted by atomic mass is 9.90. The molecule has 0 spiro atoms. The number of aliphatic hydroxyl groups excluding tert-OH is 2. The van der Waals surface area contributed by atoms with E-state index in [1.165, 1.54) is 5.57 Å². The van der Waals surface area contributed by atoms with Crippen molar-refractivity contribution >= 4 is 5.97 Å². The number of hydrogen-bond donors (Lipinski definition) is 3. The maximum atomic E-state index is 10.6. The fraction of sp³-hybridized carbons (Fsp3) is 0.522. The molecule has 1 aromatic rings. The first-order chi connectivity index (χ1) is 13.0. The monoisotopic (exact) mass is 370 g/mol. The van der Waals surface area contributed by atoms with Crippen LogP contribution >= 0.6 is 0 Å². The Balaban J connectivity index is 1.53. The number of allylic oxidation sites excluding steroid dienone is 2. The Kier molecular flexibility index (Phi) is 6.86. The number of carboxylic acids is 1. The lowest BCUT2D eigenvalue weighted by molar-refractivity contribution is -0.137. The third-order valence-electron chi connectivity index (χ3n) is 5.98. The summed E-state index contributed by atoms with van der Waals surface area (Å²) in [6.45, 7) is 0. The van der Waals surface area contributed by atoms with E-state index in [-0.39, 0.29) is 18.4 Å². The summed E-state index contributed by atoms with van der Waals surface area (Å²) in [5.74, 6) is 0.307. The van der Waals surface area contributed by atoms with Crippen LogP contribution in [0.5, 0.6) is 0 Å². The van der Waals surface area contributed by atoms with Crippen molar-refractivity contribution in [3.8, 4) is 0 Å². The summed E-state index contributed by atoms with van der Waals surface area (Å²) in [5.41, 5.74) is 2.51. The second-order valence-electron chi connectivity index (χ2n) is 8.00. The van der Waals surface area contributed by atoms with Gasteiger partial charge in [0.2, 0.25) is 0 Å². The summed E-state index contributed by atoms with van der Waals surface area (Å²) in [6.07, 6.45) is 10.4. The molecule has 4 heteroatoms. The van der Waals surface area contributed by atoms with Gasteiger partial charge in [-0.2, -0.15) is 0 Å². The number of aliphatic hydroxyl groups is 2. The quantitative estimate of drug-likeness (QED) is 0.481. The highest BCUT2D eigenvalue weighted by Crippen LogP contribution is 2.50. The Morgan fingerprint density at radius 1 is 1.22 bits per heavy atom. The van der Waals surface area contributed by atoms with E-state index in [1.54, 1.807) is 0 Å². The molecule has 0 heterocycles. The number of aliphatic carboxylic acids is 1. The highest BCUT2D eigenvalue weighted by molar-refractivity contribution is 5.66. The van der Waals surface area contributed by atoms with Crippen LogP contribution in [0, 0.1) is 17.8 Å². The molecule has 1 unspecified atom stereocenters. The predicted molar refractivity (Wildman–Crippen MR) is 105 cm³/mol. The van der Waals surface area contributed by atoms with Crippen molar-refractivity contribution in [3.05, 3.63) is 59.7 Å². The average molecular weight is 370 g/mol. The molecule has 2 aliphatic carbocycles. The first-order valence-corrected chi connectivity index (χ1v) is 10.0. The zero-order chi connectivity index (χ0) is 19.2. The van der Waals surface area contributed by atoms with Crippen LogP contribution in [0.4, 0.5) is 0 Å². The van der Waals surface area contributed by atoms with Crippen LogP contribution in [0.3, 0.4) is 0 Å². The molecule has 2 fully saturated rings. The molecular formula is C23H30O4. The van der Waals surface area contributed by atoms with Gasteiger partial charge in [-0.05, 0) is 49.5 Å². The molecule has 1 aromatic carbocycles. The number of carboxylic acid groups (broad SMARTS) is 1. The fourth-order valence-corrected chi connectivity index (χ4v) is 4.68. The van der Waals surface area contributed by atoms with Gasteiger partial charge in [0, 0.05) is 18.8 Å². The molecule has 3 rings (SSSR count). The van der Waals surface area contributed by atoms with Crippen LogP contribution in [0.25, 0.3) is 0 Å².